The number of carbonyl (C=O) groups excluding carboxylic acids is 1. The second-order valence-electron chi connectivity index (χ2n) is 3.10. The molecule has 1 unspecified atom stereocenters. The van der Waals surface area contributed by atoms with Crippen LogP contribution in [0.2, 0.25) is 0 Å². The molecule has 2 heterocycles. The van der Waals surface area contributed by atoms with Gasteiger partial charge in [0.25, 0.3) is 0 Å². The van der Waals surface area contributed by atoms with Crippen LogP contribution in [0, 0.1) is 0 Å². The molecule has 0 bridgehead atoms. The fraction of sp³-hybridized carbons (Fsp3) is 0.400. The first kappa shape index (κ1) is 10.3. The minimum absolute atomic E-state index is 0.175. The van der Waals surface area contributed by atoms with E-state index in [2.05, 4.69) is 10.3 Å². The molecule has 1 atom stereocenters. The molecule has 2 rings (SSSR count). The molecule has 0 radical (unpaired) electrons. The zero-order valence-electron chi connectivity index (χ0n) is 8.40. The summed E-state index contributed by atoms with van der Waals surface area (Å²) in [7, 11) is 0. The molecule has 0 amide bonds. The van der Waals surface area contributed by atoms with Crippen molar-refractivity contribution in [3.63, 3.8) is 0 Å². The van der Waals surface area contributed by atoms with Crippen molar-refractivity contribution >= 4 is 23.4 Å². The number of nitrogens with zero attached hydrogens (tertiary/aromatic N) is 1. The van der Waals surface area contributed by atoms with Gasteiger partial charge >= 0.3 is 5.97 Å². The van der Waals surface area contributed by atoms with Crippen molar-refractivity contribution in [3.8, 4) is 0 Å². The molecular formula is C10H12N2O2S. The average Bonchev–Trinajstić information content (AvgIpc) is 2.29. The second kappa shape index (κ2) is 4.53. The molecule has 0 saturated carbocycles. The molecular weight excluding hydrogens is 212 g/mol. The lowest BCUT2D eigenvalue weighted by molar-refractivity contribution is -0.142. The van der Waals surface area contributed by atoms with Gasteiger partial charge < -0.3 is 10.1 Å². The first-order valence-electron chi connectivity index (χ1n) is 4.83. The van der Waals surface area contributed by atoms with Crippen molar-refractivity contribution in [3.05, 3.63) is 18.3 Å². The van der Waals surface area contributed by atoms with Crippen LogP contribution in [0.3, 0.4) is 0 Å². The number of hydrogen-bond donors (Lipinski definition) is 1. The summed E-state index contributed by atoms with van der Waals surface area (Å²) in [5.41, 5.74) is 0.989. The van der Waals surface area contributed by atoms with Gasteiger partial charge in [-0.05, 0) is 19.1 Å². The van der Waals surface area contributed by atoms with E-state index < -0.39 is 0 Å². The Morgan fingerprint density at radius 2 is 2.67 bits per heavy atom. The topological polar surface area (TPSA) is 51.2 Å². The van der Waals surface area contributed by atoms with E-state index in [4.69, 9.17) is 4.74 Å². The summed E-state index contributed by atoms with van der Waals surface area (Å²) in [6.45, 7) is 2.83. The van der Waals surface area contributed by atoms with Crippen molar-refractivity contribution in [2.75, 3.05) is 18.5 Å². The summed E-state index contributed by atoms with van der Waals surface area (Å²) in [5.74, 6) is -0.175. The number of rotatable bonds is 2. The van der Waals surface area contributed by atoms with Crippen molar-refractivity contribution in [2.24, 2.45) is 0 Å². The molecule has 0 spiro atoms. The van der Waals surface area contributed by atoms with Gasteiger partial charge in [-0.1, -0.05) is 11.8 Å². The van der Waals surface area contributed by atoms with Crippen molar-refractivity contribution in [1.82, 2.24) is 4.98 Å². The van der Waals surface area contributed by atoms with Crippen LogP contribution >= 0.6 is 11.8 Å². The van der Waals surface area contributed by atoms with E-state index in [1.807, 2.05) is 19.1 Å². The Labute approximate surface area is 92.4 Å². The van der Waals surface area contributed by atoms with Crippen LogP contribution in [0.15, 0.2) is 23.4 Å². The summed E-state index contributed by atoms with van der Waals surface area (Å²) >= 11 is 1.46. The summed E-state index contributed by atoms with van der Waals surface area (Å²) in [6.07, 6.45) is 1.72. The first-order chi connectivity index (χ1) is 7.31. The molecule has 5 heteroatoms. The van der Waals surface area contributed by atoms with Gasteiger partial charge in [0, 0.05) is 12.7 Å². The molecule has 0 fully saturated rings. The van der Waals surface area contributed by atoms with Gasteiger partial charge in [-0.2, -0.15) is 0 Å². The number of carbonyl (C=O) groups is 1. The maximum atomic E-state index is 11.5. The fourth-order valence-electron chi connectivity index (χ4n) is 1.36. The van der Waals surface area contributed by atoms with Crippen LogP contribution in [0.4, 0.5) is 5.69 Å². The highest BCUT2D eigenvalue weighted by Crippen LogP contribution is 2.33. The smallest absolute Gasteiger partial charge is 0.321 e. The van der Waals surface area contributed by atoms with Crippen LogP contribution in [-0.4, -0.2) is 29.4 Å². The Hall–Kier alpha value is -1.23. The number of esters is 1. The first-order valence-corrected chi connectivity index (χ1v) is 5.71. The normalized spacial score (nSPS) is 18.9. The molecule has 80 valence electrons. The Bertz CT molecular complexity index is 370. The predicted octanol–water partition coefficient (Wildman–Crippen LogP) is 1.53. The van der Waals surface area contributed by atoms with E-state index in [-0.39, 0.29) is 11.2 Å². The van der Waals surface area contributed by atoms with Crippen LogP contribution in [0.5, 0.6) is 0 Å². The van der Waals surface area contributed by atoms with E-state index in [0.717, 1.165) is 10.7 Å². The van der Waals surface area contributed by atoms with Gasteiger partial charge in [0.15, 0.2) is 0 Å². The Morgan fingerprint density at radius 3 is 3.47 bits per heavy atom. The SMILES string of the molecule is CCOC(=O)C1CNc2cccnc2S1. The number of thioether (sulfide) groups is 1. The van der Waals surface area contributed by atoms with E-state index in [9.17, 15) is 4.79 Å². The number of ether oxygens (including phenoxy) is 1. The number of pyridine rings is 1. The third-order valence-corrected chi connectivity index (χ3v) is 3.24. The molecule has 15 heavy (non-hydrogen) atoms. The minimum atomic E-state index is -0.188. The van der Waals surface area contributed by atoms with Crippen LogP contribution < -0.4 is 5.32 Å². The highest BCUT2D eigenvalue weighted by Gasteiger charge is 2.26. The zero-order valence-corrected chi connectivity index (χ0v) is 9.21. The number of anilines is 1. The number of aromatic nitrogens is 1. The van der Waals surface area contributed by atoms with Crippen molar-refractivity contribution in [1.29, 1.82) is 0 Å². The van der Waals surface area contributed by atoms with Gasteiger partial charge in [-0.3, -0.25) is 4.79 Å². The standard InChI is InChI=1S/C10H12N2O2S/c1-2-14-10(13)8-6-12-7-4-3-5-11-9(7)15-8/h3-5,8,12H,2,6H2,1H3. The molecule has 0 aromatic carbocycles. The number of hydrogen-bond acceptors (Lipinski definition) is 5. The average molecular weight is 224 g/mol. The largest absolute Gasteiger partial charge is 0.465 e. The van der Waals surface area contributed by atoms with Gasteiger partial charge in [-0.15, -0.1) is 0 Å². The molecule has 1 N–H and O–H groups in total. The van der Waals surface area contributed by atoms with Gasteiger partial charge in [-0.25, -0.2) is 4.98 Å². The summed E-state index contributed by atoms with van der Waals surface area (Å²) < 4.78 is 4.97. The van der Waals surface area contributed by atoms with Crippen LogP contribution in [0.1, 0.15) is 6.92 Å². The molecule has 1 aliphatic rings. The monoisotopic (exact) mass is 224 g/mol. The maximum absolute atomic E-state index is 11.5. The van der Waals surface area contributed by atoms with E-state index in [1.165, 1.54) is 11.8 Å². The molecule has 1 aliphatic heterocycles. The van der Waals surface area contributed by atoms with Gasteiger partial charge in [0.05, 0.1) is 12.3 Å². The predicted molar refractivity (Wildman–Crippen MR) is 59.0 cm³/mol. The van der Waals surface area contributed by atoms with Gasteiger partial charge in [0.2, 0.25) is 0 Å². The lowest BCUT2D eigenvalue weighted by Gasteiger charge is -2.22. The minimum Gasteiger partial charge on any atom is -0.465 e. The second-order valence-corrected chi connectivity index (χ2v) is 4.29. The lowest BCUT2D eigenvalue weighted by Crippen LogP contribution is -2.31. The summed E-state index contributed by atoms with van der Waals surface area (Å²) in [6, 6.07) is 3.83. The maximum Gasteiger partial charge on any atom is 0.321 e. The van der Waals surface area contributed by atoms with Crippen LogP contribution in [0.25, 0.3) is 0 Å². The lowest BCUT2D eigenvalue weighted by atomic mass is 10.3. The van der Waals surface area contributed by atoms with Crippen LogP contribution in [-0.2, 0) is 9.53 Å². The van der Waals surface area contributed by atoms with Crippen molar-refractivity contribution in [2.45, 2.75) is 17.2 Å². The highest BCUT2D eigenvalue weighted by molar-refractivity contribution is 8.00. The Balaban J connectivity index is 2.08. The number of nitrogens with one attached hydrogen (secondary N) is 1. The van der Waals surface area contributed by atoms with Crippen molar-refractivity contribution < 1.29 is 9.53 Å². The van der Waals surface area contributed by atoms with Gasteiger partial charge in [0.1, 0.15) is 10.3 Å². The van der Waals surface area contributed by atoms with E-state index in [0.29, 0.717) is 13.2 Å². The Kier molecular flexibility index (Phi) is 3.11. The molecule has 1 aromatic heterocycles. The summed E-state index contributed by atoms with van der Waals surface area (Å²) in [4.78, 5) is 15.7. The zero-order chi connectivity index (χ0) is 10.7. The molecule has 0 aliphatic carbocycles. The molecule has 4 nitrogen and oxygen atoms in total. The van der Waals surface area contributed by atoms with E-state index >= 15 is 0 Å². The fourth-order valence-corrected chi connectivity index (χ4v) is 2.35. The number of fused-ring (bicyclic) bond motifs is 1. The highest BCUT2D eigenvalue weighted by atomic mass is 32.2. The Morgan fingerprint density at radius 1 is 1.80 bits per heavy atom. The molecule has 0 saturated heterocycles. The van der Waals surface area contributed by atoms with E-state index in [1.54, 1.807) is 6.20 Å². The summed E-state index contributed by atoms with van der Waals surface area (Å²) in [5, 5.41) is 3.84. The molecule has 1 aromatic rings. The quantitative estimate of drug-likeness (QED) is 0.772. The third-order valence-electron chi connectivity index (χ3n) is 2.05. The third kappa shape index (κ3) is 2.23.